The van der Waals surface area contributed by atoms with Crippen LogP contribution in [0.25, 0.3) is 0 Å². The second-order valence-electron chi connectivity index (χ2n) is 6.32. The summed E-state index contributed by atoms with van der Waals surface area (Å²) in [5.74, 6) is 3.71. The van der Waals surface area contributed by atoms with Crippen LogP contribution in [0.15, 0.2) is 49.6 Å². The molecule has 3 nitrogen and oxygen atoms in total. The molecule has 0 unspecified atom stereocenters. The summed E-state index contributed by atoms with van der Waals surface area (Å²) in [6, 6.07) is 8.02. The van der Waals surface area contributed by atoms with Gasteiger partial charge in [0.15, 0.2) is 0 Å². The summed E-state index contributed by atoms with van der Waals surface area (Å²) in [6.07, 6.45) is 7.23. The Labute approximate surface area is 148 Å². The lowest BCUT2D eigenvalue weighted by Gasteiger charge is -2.17. The molecule has 25 heavy (non-hydrogen) atoms. The van der Waals surface area contributed by atoms with Crippen molar-refractivity contribution in [2.45, 2.75) is 25.7 Å². The minimum Gasteiger partial charge on any atom is -0.493 e. The van der Waals surface area contributed by atoms with Gasteiger partial charge < -0.3 is 14.2 Å². The molecule has 0 saturated carbocycles. The lowest BCUT2D eigenvalue weighted by molar-refractivity contribution is 0.356. The molecule has 2 aliphatic rings. The highest BCUT2D eigenvalue weighted by atomic mass is 16.5. The highest BCUT2D eigenvalue weighted by molar-refractivity contribution is 5.56. The zero-order valence-electron chi connectivity index (χ0n) is 14.3. The number of rotatable bonds is 6. The zero-order chi connectivity index (χ0) is 17.2. The number of ether oxygens (including phenoxy) is 3. The van der Waals surface area contributed by atoms with E-state index in [0.717, 1.165) is 61.9 Å². The predicted octanol–water partition coefficient (Wildman–Crippen LogP) is 4.81. The second-order valence-corrected chi connectivity index (χ2v) is 6.32. The third-order valence-corrected chi connectivity index (χ3v) is 4.83. The highest BCUT2D eigenvalue weighted by Crippen LogP contribution is 2.40. The summed E-state index contributed by atoms with van der Waals surface area (Å²) in [5, 5.41) is 0. The van der Waals surface area contributed by atoms with E-state index in [1.807, 2.05) is 36.4 Å². The topological polar surface area (TPSA) is 27.7 Å². The Morgan fingerprint density at radius 1 is 0.800 bits per heavy atom. The van der Waals surface area contributed by atoms with Gasteiger partial charge in [0.1, 0.15) is 23.0 Å². The van der Waals surface area contributed by atoms with Crippen molar-refractivity contribution in [1.82, 2.24) is 0 Å². The number of fused-ring (bicyclic) bond motifs is 2. The Morgan fingerprint density at radius 3 is 1.72 bits per heavy atom. The third kappa shape index (κ3) is 2.80. The molecule has 2 aliphatic heterocycles. The minimum atomic E-state index is 0.737. The molecule has 0 spiro atoms. The van der Waals surface area contributed by atoms with Gasteiger partial charge in [-0.15, -0.1) is 13.2 Å². The molecular formula is C22H22O3. The fourth-order valence-corrected chi connectivity index (χ4v) is 3.69. The molecule has 128 valence electrons. The zero-order valence-corrected chi connectivity index (χ0v) is 14.3. The van der Waals surface area contributed by atoms with Crippen LogP contribution in [0.4, 0.5) is 0 Å². The van der Waals surface area contributed by atoms with Crippen molar-refractivity contribution < 1.29 is 14.2 Å². The summed E-state index contributed by atoms with van der Waals surface area (Å²) < 4.78 is 17.8. The Kier molecular flexibility index (Phi) is 4.22. The lowest BCUT2D eigenvalue weighted by Crippen LogP contribution is -1.99. The first-order valence-electron chi connectivity index (χ1n) is 8.76. The van der Waals surface area contributed by atoms with Crippen molar-refractivity contribution >= 4 is 0 Å². The largest absolute Gasteiger partial charge is 0.493 e. The van der Waals surface area contributed by atoms with Gasteiger partial charge in [0, 0.05) is 35.1 Å². The first-order chi connectivity index (χ1) is 12.3. The summed E-state index contributed by atoms with van der Waals surface area (Å²) in [6.45, 7) is 9.27. The summed E-state index contributed by atoms with van der Waals surface area (Å²) in [5.41, 5.74) is 4.83. The molecular weight excluding hydrogens is 312 g/mol. The standard InChI is InChI=1S/C22H22O3/c1-3-5-15-17-11-13-23-19(17)7-9-21(15)25-22-10-8-20-18(12-14-24-20)16(22)6-4-2/h3-4,7-10H,1-2,5-6,11-14H2. The van der Waals surface area contributed by atoms with Crippen LogP contribution in [0.5, 0.6) is 23.0 Å². The molecule has 0 amide bonds. The Balaban J connectivity index is 1.76. The van der Waals surface area contributed by atoms with Gasteiger partial charge in [-0.05, 0) is 37.1 Å². The summed E-state index contributed by atoms with van der Waals surface area (Å²) in [7, 11) is 0. The monoisotopic (exact) mass is 334 g/mol. The van der Waals surface area contributed by atoms with Crippen LogP contribution in [-0.4, -0.2) is 13.2 Å². The van der Waals surface area contributed by atoms with Crippen LogP contribution >= 0.6 is 0 Å². The van der Waals surface area contributed by atoms with E-state index in [1.165, 1.54) is 22.3 Å². The molecule has 2 aromatic carbocycles. The number of hydrogen-bond acceptors (Lipinski definition) is 3. The summed E-state index contributed by atoms with van der Waals surface area (Å²) >= 11 is 0. The van der Waals surface area contributed by atoms with Gasteiger partial charge in [-0.2, -0.15) is 0 Å². The van der Waals surface area contributed by atoms with Crippen molar-refractivity contribution in [2.75, 3.05) is 13.2 Å². The van der Waals surface area contributed by atoms with Gasteiger partial charge in [0.05, 0.1) is 13.2 Å². The number of hydrogen-bond donors (Lipinski definition) is 0. The maximum Gasteiger partial charge on any atom is 0.131 e. The molecule has 0 fully saturated rings. The van der Waals surface area contributed by atoms with E-state index in [4.69, 9.17) is 14.2 Å². The van der Waals surface area contributed by atoms with E-state index in [2.05, 4.69) is 13.2 Å². The molecule has 0 saturated heterocycles. The molecule has 4 rings (SSSR count). The first kappa shape index (κ1) is 15.8. The van der Waals surface area contributed by atoms with E-state index in [-0.39, 0.29) is 0 Å². The second kappa shape index (κ2) is 6.67. The normalized spacial score (nSPS) is 14.2. The van der Waals surface area contributed by atoms with Crippen molar-refractivity contribution in [1.29, 1.82) is 0 Å². The van der Waals surface area contributed by atoms with Crippen LogP contribution in [0.2, 0.25) is 0 Å². The molecule has 0 atom stereocenters. The van der Waals surface area contributed by atoms with Crippen LogP contribution in [0.1, 0.15) is 22.3 Å². The van der Waals surface area contributed by atoms with Gasteiger partial charge >= 0.3 is 0 Å². The number of allylic oxidation sites excluding steroid dienone is 2. The molecule has 3 heteroatoms. The van der Waals surface area contributed by atoms with Crippen LogP contribution < -0.4 is 14.2 Å². The van der Waals surface area contributed by atoms with Crippen LogP contribution in [0.3, 0.4) is 0 Å². The molecule has 0 radical (unpaired) electrons. The number of benzene rings is 2. The average molecular weight is 334 g/mol. The molecule has 0 aromatic heterocycles. The Bertz CT molecular complexity index is 766. The van der Waals surface area contributed by atoms with Gasteiger partial charge in [0.2, 0.25) is 0 Å². The van der Waals surface area contributed by atoms with Gasteiger partial charge in [-0.3, -0.25) is 0 Å². The van der Waals surface area contributed by atoms with Crippen molar-refractivity contribution in [3.63, 3.8) is 0 Å². The van der Waals surface area contributed by atoms with Gasteiger partial charge in [0.25, 0.3) is 0 Å². The van der Waals surface area contributed by atoms with E-state index < -0.39 is 0 Å². The molecule has 0 aliphatic carbocycles. The maximum absolute atomic E-state index is 6.39. The fourth-order valence-electron chi connectivity index (χ4n) is 3.69. The quantitative estimate of drug-likeness (QED) is 0.710. The van der Waals surface area contributed by atoms with Crippen molar-refractivity contribution in [3.8, 4) is 23.0 Å². The average Bonchev–Trinajstić information content (AvgIpc) is 3.28. The maximum atomic E-state index is 6.39. The van der Waals surface area contributed by atoms with E-state index in [1.54, 1.807) is 0 Å². The molecule has 0 bridgehead atoms. The van der Waals surface area contributed by atoms with Gasteiger partial charge in [-0.25, -0.2) is 0 Å². The van der Waals surface area contributed by atoms with E-state index in [0.29, 0.717) is 0 Å². The fraction of sp³-hybridized carbons (Fsp3) is 0.273. The van der Waals surface area contributed by atoms with Crippen LogP contribution in [-0.2, 0) is 25.7 Å². The van der Waals surface area contributed by atoms with E-state index >= 15 is 0 Å². The molecule has 2 heterocycles. The minimum absolute atomic E-state index is 0.737. The SMILES string of the molecule is C=CCc1c(Oc2ccc3c(c2CC=C)CCO3)ccc2c1CCO2. The van der Waals surface area contributed by atoms with Crippen molar-refractivity contribution in [2.24, 2.45) is 0 Å². The lowest BCUT2D eigenvalue weighted by atomic mass is 9.99. The first-order valence-corrected chi connectivity index (χ1v) is 8.76. The third-order valence-electron chi connectivity index (χ3n) is 4.83. The summed E-state index contributed by atoms with van der Waals surface area (Å²) in [4.78, 5) is 0. The molecule has 0 N–H and O–H groups in total. The Morgan fingerprint density at radius 2 is 1.28 bits per heavy atom. The van der Waals surface area contributed by atoms with Crippen molar-refractivity contribution in [3.05, 3.63) is 71.8 Å². The highest BCUT2D eigenvalue weighted by Gasteiger charge is 2.22. The predicted molar refractivity (Wildman–Crippen MR) is 99.2 cm³/mol. The Hall–Kier alpha value is -2.68. The smallest absolute Gasteiger partial charge is 0.131 e. The van der Waals surface area contributed by atoms with Gasteiger partial charge in [-0.1, -0.05) is 12.2 Å². The van der Waals surface area contributed by atoms with Crippen LogP contribution in [0, 0.1) is 0 Å². The molecule has 2 aromatic rings. The van der Waals surface area contributed by atoms with E-state index in [9.17, 15) is 0 Å².